The van der Waals surface area contributed by atoms with Crippen LogP contribution in [0.5, 0.6) is 0 Å². The monoisotopic (exact) mass is 167 g/mol. The first-order valence-corrected chi connectivity index (χ1v) is 3.42. The van der Waals surface area contributed by atoms with E-state index < -0.39 is 17.7 Å². The number of primary amides is 2. The van der Waals surface area contributed by atoms with Gasteiger partial charge in [-0.25, -0.2) is 0 Å². The summed E-state index contributed by atoms with van der Waals surface area (Å²) in [6, 6.07) is 0. The predicted molar refractivity (Wildman–Crippen MR) is 43.3 cm³/mol. The third-order valence-corrected chi connectivity index (χ3v) is 1.56. The second-order valence-corrected chi connectivity index (χ2v) is 2.49. The number of nitrogens with two attached hydrogens (primary N) is 2. The molecule has 4 N–H and O–H groups in total. The van der Waals surface area contributed by atoms with Gasteiger partial charge >= 0.3 is 0 Å². The molecule has 0 aliphatic carbocycles. The molecule has 0 bridgehead atoms. The van der Waals surface area contributed by atoms with Crippen LogP contribution < -0.4 is 11.5 Å². The van der Waals surface area contributed by atoms with E-state index in [0.29, 0.717) is 6.54 Å². The molecule has 0 fully saturated rings. The van der Waals surface area contributed by atoms with Crippen LogP contribution in [0.1, 0.15) is 0 Å². The Morgan fingerprint density at radius 1 is 1.50 bits per heavy atom. The summed E-state index contributed by atoms with van der Waals surface area (Å²) in [7, 11) is 0. The number of carbonyl (C=O) groups is 2. The molecule has 5 nitrogen and oxygen atoms in total. The van der Waals surface area contributed by atoms with E-state index in [9.17, 15) is 9.59 Å². The van der Waals surface area contributed by atoms with Crippen LogP contribution in [0.3, 0.4) is 0 Å². The van der Waals surface area contributed by atoms with Crippen molar-refractivity contribution in [2.45, 2.75) is 0 Å². The van der Waals surface area contributed by atoms with Gasteiger partial charge < -0.3 is 11.5 Å². The summed E-state index contributed by atoms with van der Waals surface area (Å²) in [5.74, 6) is -1.59. The molecule has 0 spiro atoms. The average Bonchev–Trinajstić information content (AvgIpc) is 2.04. The van der Waals surface area contributed by atoms with E-state index in [1.165, 1.54) is 12.3 Å². The van der Waals surface area contributed by atoms with E-state index in [2.05, 4.69) is 4.99 Å². The molecule has 5 heteroatoms. The highest BCUT2D eigenvalue weighted by molar-refractivity contribution is 6.12. The SMILES string of the molecule is NC(=O)C1=CC(C(N)=O)CN=C1. The van der Waals surface area contributed by atoms with Crippen molar-refractivity contribution < 1.29 is 9.59 Å². The fourth-order valence-electron chi connectivity index (χ4n) is 0.895. The van der Waals surface area contributed by atoms with Crippen LogP contribution >= 0.6 is 0 Å². The highest BCUT2D eigenvalue weighted by atomic mass is 16.1. The Morgan fingerprint density at radius 3 is 2.67 bits per heavy atom. The first-order chi connectivity index (χ1) is 5.61. The third kappa shape index (κ3) is 1.69. The van der Waals surface area contributed by atoms with Gasteiger partial charge in [-0.1, -0.05) is 6.08 Å². The standard InChI is InChI=1S/C7H9N3O2/c8-6(11)4-1-5(7(9)12)3-10-2-4/h1-2,5H,3H2,(H2,8,11)(H2,9,12). The highest BCUT2D eigenvalue weighted by Crippen LogP contribution is 2.07. The van der Waals surface area contributed by atoms with Gasteiger partial charge in [-0.2, -0.15) is 0 Å². The van der Waals surface area contributed by atoms with Gasteiger partial charge in [0.05, 0.1) is 18.0 Å². The number of hydrogen-bond acceptors (Lipinski definition) is 3. The molecule has 0 aromatic heterocycles. The molecule has 2 amide bonds. The van der Waals surface area contributed by atoms with E-state index in [-0.39, 0.29) is 5.57 Å². The molecule has 64 valence electrons. The molecule has 1 unspecified atom stereocenters. The number of carbonyl (C=O) groups excluding carboxylic acids is 2. The Balaban J connectivity index is 2.82. The molecular formula is C7H9N3O2. The highest BCUT2D eigenvalue weighted by Gasteiger charge is 2.17. The Kier molecular flexibility index (Phi) is 2.23. The van der Waals surface area contributed by atoms with Crippen molar-refractivity contribution in [2.24, 2.45) is 22.4 Å². The van der Waals surface area contributed by atoms with Crippen LogP contribution in [0.25, 0.3) is 0 Å². The third-order valence-electron chi connectivity index (χ3n) is 1.56. The number of amides is 2. The van der Waals surface area contributed by atoms with Crippen molar-refractivity contribution in [3.8, 4) is 0 Å². The van der Waals surface area contributed by atoms with Crippen LogP contribution in [0, 0.1) is 5.92 Å². The first-order valence-electron chi connectivity index (χ1n) is 3.42. The van der Waals surface area contributed by atoms with E-state index in [1.807, 2.05) is 0 Å². The normalized spacial score (nSPS) is 21.7. The summed E-state index contributed by atoms with van der Waals surface area (Å²) in [6.07, 6.45) is 2.79. The van der Waals surface area contributed by atoms with Crippen LogP contribution in [0.2, 0.25) is 0 Å². The summed E-state index contributed by atoms with van der Waals surface area (Å²) in [5, 5.41) is 0. The van der Waals surface area contributed by atoms with Crippen molar-refractivity contribution in [2.75, 3.05) is 6.54 Å². The first kappa shape index (κ1) is 8.45. The molecule has 1 aliphatic heterocycles. The zero-order valence-corrected chi connectivity index (χ0v) is 6.36. The van der Waals surface area contributed by atoms with Crippen LogP contribution in [0.4, 0.5) is 0 Å². The van der Waals surface area contributed by atoms with Crippen molar-refractivity contribution in [3.63, 3.8) is 0 Å². The maximum Gasteiger partial charge on any atom is 0.249 e. The lowest BCUT2D eigenvalue weighted by Gasteiger charge is -2.10. The predicted octanol–water partition coefficient (Wildman–Crippen LogP) is -1.42. The van der Waals surface area contributed by atoms with Crippen molar-refractivity contribution in [1.29, 1.82) is 0 Å². The minimum atomic E-state index is -0.593. The van der Waals surface area contributed by atoms with Crippen molar-refractivity contribution >= 4 is 18.0 Å². The molecule has 0 aromatic rings. The molecule has 0 radical (unpaired) electrons. The Hall–Kier alpha value is -1.65. The molecule has 1 heterocycles. The summed E-state index contributed by atoms with van der Waals surface area (Å²) in [4.78, 5) is 25.1. The Bertz CT molecular complexity index is 280. The van der Waals surface area contributed by atoms with Crippen molar-refractivity contribution in [3.05, 3.63) is 11.6 Å². The van der Waals surface area contributed by atoms with Gasteiger partial charge in [-0.3, -0.25) is 14.6 Å². The second kappa shape index (κ2) is 3.17. The topological polar surface area (TPSA) is 98.5 Å². The van der Waals surface area contributed by atoms with Crippen molar-refractivity contribution in [1.82, 2.24) is 0 Å². The minimum absolute atomic E-state index is 0.241. The van der Waals surface area contributed by atoms with Crippen LogP contribution in [-0.4, -0.2) is 24.6 Å². The smallest absolute Gasteiger partial charge is 0.249 e. The van der Waals surface area contributed by atoms with E-state index in [4.69, 9.17) is 11.5 Å². The summed E-state index contributed by atoms with van der Waals surface area (Å²) in [5.41, 5.74) is 10.2. The van der Waals surface area contributed by atoms with Crippen LogP contribution in [-0.2, 0) is 9.59 Å². The quantitative estimate of drug-likeness (QED) is 0.527. The van der Waals surface area contributed by atoms with Gasteiger partial charge in [0.25, 0.3) is 0 Å². The van der Waals surface area contributed by atoms with Gasteiger partial charge in [0.2, 0.25) is 11.8 Å². The largest absolute Gasteiger partial charge is 0.369 e. The van der Waals surface area contributed by atoms with E-state index >= 15 is 0 Å². The molecule has 1 aliphatic rings. The molecule has 1 rings (SSSR count). The number of rotatable bonds is 2. The fraction of sp³-hybridized carbons (Fsp3) is 0.286. The summed E-state index contributed by atoms with van der Waals surface area (Å²) in [6.45, 7) is 0.298. The fourth-order valence-corrected chi connectivity index (χ4v) is 0.895. The molecule has 0 saturated carbocycles. The number of nitrogens with zero attached hydrogens (tertiary/aromatic N) is 1. The summed E-state index contributed by atoms with van der Waals surface area (Å²) < 4.78 is 0. The van der Waals surface area contributed by atoms with E-state index in [0.717, 1.165) is 0 Å². The van der Waals surface area contributed by atoms with Gasteiger partial charge in [0.1, 0.15) is 0 Å². The lowest BCUT2D eigenvalue weighted by Crippen LogP contribution is -2.28. The number of hydrogen-bond donors (Lipinski definition) is 2. The maximum atomic E-state index is 10.7. The molecule has 0 aromatic carbocycles. The van der Waals surface area contributed by atoms with Gasteiger partial charge in [0, 0.05) is 6.21 Å². The van der Waals surface area contributed by atoms with Gasteiger partial charge in [0.15, 0.2) is 0 Å². The lowest BCUT2D eigenvalue weighted by atomic mass is 10.0. The van der Waals surface area contributed by atoms with Gasteiger partial charge in [-0.05, 0) is 0 Å². The minimum Gasteiger partial charge on any atom is -0.369 e. The van der Waals surface area contributed by atoms with E-state index in [1.54, 1.807) is 0 Å². The molecule has 1 atom stereocenters. The van der Waals surface area contributed by atoms with Crippen LogP contribution in [0.15, 0.2) is 16.6 Å². The Labute approximate surface area is 69.1 Å². The number of dihydropyridines is 1. The zero-order chi connectivity index (χ0) is 9.14. The zero-order valence-electron chi connectivity index (χ0n) is 6.36. The summed E-state index contributed by atoms with van der Waals surface area (Å²) >= 11 is 0. The van der Waals surface area contributed by atoms with Gasteiger partial charge in [-0.15, -0.1) is 0 Å². The molecular weight excluding hydrogens is 158 g/mol. The Morgan fingerprint density at radius 2 is 2.17 bits per heavy atom. The lowest BCUT2D eigenvalue weighted by molar-refractivity contribution is -0.120. The molecule has 12 heavy (non-hydrogen) atoms. The molecule has 0 saturated heterocycles. The number of aliphatic imine (C=N–C) groups is 1. The maximum absolute atomic E-state index is 10.7. The average molecular weight is 167 g/mol. The second-order valence-electron chi connectivity index (χ2n) is 2.49.